The molecular weight excluding hydrogens is 371 g/mol. The Hall–Kier alpha value is -2.87. The first-order chi connectivity index (χ1) is 13.3. The minimum Gasteiger partial charge on any atom is -0.363 e. The van der Waals surface area contributed by atoms with Gasteiger partial charge >= 0.3 is 6.18 Å². The summed E-state index contributed by atoms with van der Waals surface area (Å²) in [4.78, 5) is 14.5. The summed E-state index contributed by atoms with van der Waals surface area (Å²) in [6.45, 7) is 3.14. The van der Waals surface area contributed by atoms with Gasteiger partial charge in [0.15, 0.2) is 0 Å². The van der Waals surface area contributed by atoms with Crippen molar-refractivity contribution in [3.63, 3.8) is 0 Å². The van der Waals surface area contributed by atoms with Crippen LogP contribution in [0, 0.1) is 10.1 Å². The van der Waals surface area contributed by atoms with Crippen LogP contribution < -0.4 is 4.90 Å². The van der Waals surface area contributed by atoms with Crippen LogP contribution in [0.3, 0.4) is 0 Å². The summed E-state index contributed by atoms with van der Waals surface area (Å²) in [6, 6.07) is 12.6. The molecule has 28 heavy (non-hydrogen) atoms. The Bertz CT molecular complexity index is 846. The van der Waals surface area contributed by atoms with Gasteiger partial charge in [0.1, 0.15) is 5.69 Å². The Kier molecular flexibility index (Phi) is 5.99. The van der Waals surface area contributed by atoms with Crippen LogP contribution >= 0.6 is 0 Å². The van der Waals surface area contributed by atoms with Crippen molar-refractivity contribution >= 4 is 17.5 Å². The van der Waals surface area contributed by atoms with Gasteiger partial charge in [-0.25, -0.2) is 0 Å². The maximum Gasteiger partial charge on any atom is 0.416 e. The highest BCUT2D eigenvalue weighted by Crippen LogP contribution is 2.36. The molecule has 8 heteroatoms. The van der Waals surface area contributed by atoms with Crippen molar-refractivity contribution in [1.82, 2.24) is 4.90 Å². The van der Waals surface area contributed by atoms with Crippen molar-refractivity contribution < 1.29 is 18.1 Å². The number of halogens is 3. The first kappa shape index (κ1) is 19.9. The Morgan fingerprint density at radius 2 is 1.71 bits per heavy atom. The van der Waals surface area contributed by atoms with E-state index in [9.17, 15) is 23.3 Å². The fourth-order valence-electron chi connectivity index (χ4n) is 3.19. The van der Waals surface area contributed by atoms with Crippen molar-refractivity contribution in [1.29, 1.82) is 0 Å². The first-order valence-electron chi connectivity index (χ1n) is 8.89. The third kappa shape index (κ3) is 4.89. The highest BCUT2D eigenvalue weighted by Gasteiger charge is 2.34. The predicted octanol–water partition coefficient (Wildman–Crippen LogP) is 4.45. The normalized spacial score (nSPS) is 15.9. The molecule has 1 saturated heterocycles. The number of rotatable bonds is 5. The lowest BCUT2D eigenvalue weighted by Crippen LogP contribution is -2.46. The lowest BCUT2D eigenvalue weighted by atomic mass is 10.1. The highest BCUT2D eigenvalue weighted by molar-refractivity contribution is 5.65. The van der Waals surface area contributed by atoms with E-state index in [1.165, 1.54) is 6.07 Å². The van der Waals surface area contributed by atoms with E-state index in [0.29, 0.717) is 32.2 Å². The van der Waals surface area contributed by atoms with Gasteiger partial charge < -0.3 is 4.90 Å². The lowest BCUT2D eigenvalue weighted by molar-refractivity contribution is -0.384. The Morgan fingerprint density at radius 3 is 2.32 bits per heavy atom. The summed E-state index contributed by atoms with van der Waals surface area (Å²) in [5, 5.41) is 11.3. The van der Waals surface area contributed by atoms with Gasteiger partial charge in [-0.05, 0) is 17.7 Å². The Labute approximate surface area is 160 Å². The molecule has 0 N–H and O–H groups in total. The Balaban J connectivity index is 1.63. The van der Waals surface area contributed by atoms with E-state index in [-0.39, 0.29) is 5.69 Å². The summed E-state index contributed by atoms with van der Waals surface area (Å²) in [5.41, 5.74) is -0.168. The third-order valence-corrected chi connectivity index (χ3v) is 4.69. The fraction of sp³-hybridized carbons (Fsp3) is 0.300. The smallest absolute Gasteiger partial charge is 0.363 e. The van der Waals surface area contributed by atoms with E-state index in [2.05, 4.69) is 11.0 Å². The molecule has 148 valence electrons. The van der Waals surface area contributed by atoms with Crippen molar-refractivity contribution in [2.24, 2.45) is 0 Å². The third-order valence-electron chi connectivity index (χ3n) is 4.69. The number of nitro groups is 1. The van der Waals surface area contributed by atoms with E-state index in [1.807, 2.05) is 36.4 Å². The molecule has 1 fully saturated rings. The molecular formula is C20H20F3N3O2. The van der Waals surface area contributed by atoms with E-state index >= 15 is 0 Å². The second kappa shape index (κ2) is 8.43. The van der Waals surface area contributed by atoms with Crippen LogP contribution in [-0.4, -0.2) is 42.5 Å². The largest absolute Gasteiger partial charge is 0.416 e. The highest BCUT2D eigenvalue weighted by atomic mass is 19.4. The summed E-state index contributed by atoms with van der Waals surface area (Å²) in [6.07, 6.45) is -0.508. The molecule has 0 unspecified atom stereocenters. The monoisotopic (exact) mass is 391 g/mol. The zero-order valence-corrected chi connectivity index (χ0v) is 15.1. The zero-order chi connectivity index (χ0) is 20.1. The Morgan fingerprint density at radius 1 is 1.04 bits per heavy atom. The molecule has 1 heterocycles. The molecule has 0 aliphatic carbocycles. The van der Waals surface area contributed by atoms with Gasteiger partial charge in [-0.2, -0.15) is 13.2 Å². The predicted molar refractivity (Wildman–Crippen MR) is 102 cm³/mol. The molecule has 2 aromatic carbocycles. The average molecular weight is 391 g/mol. The average Bonchev–Trinajstić information content (AvgIpc) is 2.68. The second-order valence-electron chi connectivity index (χ2n) is 6.56. The number of anilines is 1. The van der Waals surface area contributed by atoms with Gasteiger partial charge in [0.25, 0.3) is 5.69 Å². The van der Waals surface area contributed by atoms with Crippen LogP contribution in [-0.2, 0) is 6.18 Å². The van der Waals surface area contributed by atoms with E-state index in [1.54, 1.807) is 4.90 Å². The fourth-order valence-corrected chi connectivity index (χ4v) is 3.19. The molecule has 1 aliphatic heterocycles. The van der Waals surface area contributed by atoms with Gasteiger partial charge in [-0.15, -0.1) is 0 Å². The van der Waals surface area contributed by atoms with Crippen molar-refractivity contribution in [2.45, 2.75) is 6.18 Å². The van der Waals surface area contributed by atoms with Gasteiger partial charge in [0.05, 0.1) is 10.5 Å². The van der Waals surface area contributed by atoms with Crippen LogP contribution in [0.2, 0.25) is 0 Å². The molecule has 0 spiro atoms. The molecule has 0 amide bonds. The van der Waals surface area contributed by atoms with Gasteiger partial charge in [-0.1, -0.05) is 42.5 Å². The molecule has 1 aliphatic rings. The summed E-state index contributed by atoms with van der Waals surface area (Å²) in [5.74, 6) is 0. The molecule has 0 radical (unpaired) electrons. The number of nitro benzene ring substituents is 1. The quantitative estimate of drug-likeness (QED) is 0.558. The summed E-state index contributed by atoms with van der Waals surface area (Å²) < 4.78 is 38.5. The van der Waals surface area contributed by atoms with Crippen LogP contribution in [0.5, 0.6) is 0 Å². The molecule has 0 bridgehead atoms. The number of alkyl halides is 3. The summed E-state index contributed by atoms with van der Waals surface area (Å²) in [7, 11) is 0. The number of hydrogen-bond acceptors (Lipinski definition) is 4. The topological polar surface area (TPSA) is 49.6 Å². The SMILES string of the molecule is O=[N+]([O-])c1cc(C(F)(F)F)ccc1N1CCN(C/C=C/c2ccccc2)CC1. The van der Waals surface area contributed by atoms with Gasteiger partial charge in [0, 0.05) is 38.8 Å². The number of piperazine rings is 1. The minimum atomic E-state index is -4.60. The van der Waals surface area contributed by atoms with Crippen LogP contribution in [0.15, 0.2) is 54.6 Å². The van der Waals surface area contributed by atoms with E-state index < -0.39 is 22.4 Å². The molecule has 0 atom stereocenters. The maximum atomic E-state index is 12.8. The number of hydrogen-bond donors (Lipinski definition) is 0. The van der Waals surface area contributed by atoms with Gasteiger partial charge in [0.2, 0.25) is 0 Å². The van der Waals surface area contributed by atoms with Crippen molar-refractivity contribution in [3.8, 4) is 0 Å². The minimum absolute atomic E-state index is 0.234. The molecule has 0 saturated carbocycles. The van der Waals surface area contributed by atoms with Crippen LogP contribution in [0.4, 0.5) is 24.5 Å². The standard InChI is InChI=1S/C20H20F3N3O2/c21-20(22,23)17-8-9-18(19(15-17)26(27)28)25-13-11-24(12-14-25)10-4-7-16-5-2-1-3-6-16/h1-9,15H,10-14H2/b7-4+. The van der Waals surface area contributed by atoms with Crippen LogP contribution in [0.1, 0.15) is 11.1 Å². The molecule has 2 aromatic rings. The zero-order valence-electron chi connectivity index (χ0n) is 15.1. The van der Waals surface area contributed by atoms with Crippen LogP contribution in [0.25, 0.3) is 6.08 Å². The number of benzene rings is 2. The van der Waals surface area contributed by atoms with Crippen molar-refractivity contribution in [2.75, 3.05) is 37.6 Å². The lowest BCUT2D eigenvalue weighted by Gasteiger charge is -2.35. The van der Waals surface area contributed by atoms with E-state index in [0.717, 1.165) is 18.2 Å². The maximum absolute atomic E-state index is 12.8. The molecule has 3 rings (SSSR count). The second-order valence-corrected chi connectivity index (χ2v) is 6.56. The molecule has 5 nitrogen and oxygen atoms in total. The summed E-state index contributed by atoms with van der Waals surface area (Å²) >= 11 is 0. The van der Waals surface area contributed by atoms with Crippen molar-refractivity contribution in [3.05, 3.63) is 75.8 Å². The number of nitrogens with zero attached hydrogens (tertiary/aromatic N) is 3. The first-order valence-corrected chi connectivity index (χ1v) is 8.89. The van der Waals surface area contributed by atoms with E-state index in [4.69, 9.17) is 0 Å². The molecule has 0 aromatic heterocycles. The van der Waals surface area contributed by atoms with Gasteiger partial charge in [-0.3, -0.25) is 15.0 Å².